The summed E-state index contributed by atoms with van der Waals surface area (Å²) in [6, 6.07) is 1.92. The number of rotatable bonds is 4. The van der Waals surface area contributed by atoms with Crippen molar-refractivity contribution in [2.75, 3.05) is 31.9 Å². The van der Waals surface area contributed by atoms with Crippen molar-refractivity contribution in [3.63, 3.8) is 0 Å². The van der Waals surface area contributed by atoms with Gasteiger partial charge in [-0.3, -0.25) is 4.79 Å². The van der Waals surface area contributed by atoms with E-state index in [-0.39, 0.29) is 5.56 Å². The average Bonchev–Trinajstić information content (AvgIpc) is 2.89. The van der Waals surface area contributed by atoms with Gasteiger partial charge >= 0.3 is 0 Å². The van der Waals surface area contributed by atoms with Crippen molar-refractivity contribution < 1.29 is 13.6 Å². The highest BCUT2D eigenvalue weighted by molar-refractivity contribution is 5.94. The van der Waals surface area contributed by atoms with E-state index < -0.39 is 23.2 Å². The summed E-state index contributed by atoms with van der Waals surface area (Å²) in [5, 5.41) is 2.72. The second-order valence-corrected chi connectivity index (χ2v) is 5.11. The van der Waals surface area contributed by atoms with Crippen LogP contribution in [-0.2, 0) is 0 Å². The van der Waals surface area contributed by atoms with E-state index >= 15 is 0 Å². The highest BCUT2D eigenvalue weighted by Crippen LogP contribution is 2.18. The normalized spacial score (nSPS) is 19.2. The van der Waals surface area contributed by atoms with E-state index in [2.05, 4.69) is 17.1 Å². The summed E-state index contributed by atoms with van der Waals surface area (Å²) < 4.78 is 26.6. The van der Waals surface area contributed by atoms with Crippen LogP contribution in [0.2, 0.25) is 0 Å². The van der Waals surface area contributed by atoms with Crippen molar-refractivity contribution in [1.29, 1.82) is 0 Å². The first-order chi connectivity index (χ1) is 9.51. The minimum atomic E-state index is -0.909. The molecule has 0 aromatic heterocycles. The van der Waals surface area contributed by atoms with Crippen LogP contribution in [0.5, 0.6) is 0 Å². The molecule has 6 heteroatoms. The van der Waals surface area contributed by atoms with Gasteiger partial charge in [0.25, 0.3) is 5.91 Å². The molecule has 1 unspecified atom stereocenters. The van der Waals surface area contributed by atoms with Gasteiger partial charge in [0, 0.05) is 18.7 Å². The number of nitrogens with one attached hydrogen (secondary N) is 1. The SMILES string of the molecule is CCN1CCC(CNC(=O)c2cc(F)c(N)c(F)c2)C1. The summed E-state index contributed by atoms with van der Waals surface area (Å²) in [6.07, 6.45) is 1.03. The fraction of sp³-hybridized carbons (Fsp3) is 0.500. The topological polar surface area (TPSA) is 58.4 Å². The first kappa shape index (κ1) is 14.7. The molecule has 1 atom stereocenters. The number of likely N-dealkylation sites (tertiary alicyclic amines) is 1. The van der Waals surface area contributed by atoms with Crippen molar-refractivity contribution >= 4 is 11.6 Å². The highest BCUT2D eigenvalue weighted by Gasteiger charge is 2.22. The van der Waals surface area contributed by atoms with Crippen LogP contribution in [0, 0.1) is 17.6 Å². The molecular weight excluding hydrogens is 264 g/mol. The molecule has 1 saturated heterocycles. The van der Waals surface area contributed by atoms with E-state index in [0.717, 1.165) is 38.2 Å². The molecule has 0 spiro atoms. The molecule has 0 bridgehead atoms. The summed E-state index contributed by atoms with van der Waals surface area (Å²) in [5.41, 5.74) is 4.57. The van der Waals surface area contributed by atoms with E-state index in [4.69, 9.17) is 5.73 Å². The molecular formula is C14H19F2N3O. The Kier molecular flexibility index (Phi) is 4.54. The number of hydrogen-bond acceptors (Lipinski definition) is 3. The van der Waals surface area contributed by atoms with E-state index in [9.17, 15) is 13.6 Å². The minimum absolute atomic E-state index is 0.0421. The predicted molar refractivity (Wildman–Crippen MR) is 73.3 cm³/mol. The Morgan fingerprint density at radius 3 is 2.65 bits per heavy atom. The Morgan fingerprint density at radius 2 is 2.10 bits per heavy atom. The van der Waals surface area contributed by atoms with Crippen molar-refractivity contribution in [2.45, 2.75) is 13.3 Å². The van der Waals surface area contributed by atoms with Crippen molar-refractivity contribution in [2.24, 2.45) is 5.92 Å². The molecule has 0 radical (unpaired) electrons. The van der Waals surface area contributed by atoms with Gasteiger partial charge in [0.1, 0.15) is 17.3 Å². The maximum Gasteiger partial charge on any atom is 0.251 e. The number of carbonyl (C=O) groups excluding carboxylic acids is 1. The number of nitrogens with two attached hydrogens (primary N) is 1. The van der Waals surface area contributed by atoms with Crippen LogP contribution < -0.4 is 11.1 Å². The number of nitrogen functional groups attached to an aromatic ring is 1. The lowest BCUT2D eigenvalue weighted by molar-refractivity contribution is 0.0946. The summed E-state index contributed by atoms with van der Waals surface area (Å²) in [5.74, 6) is -1.90. The fourth-order valence-corrected chi connectivity index (χ4v) is 2.42. The second kappa shape index (κ2) is 6.17. The Hall–Kier alpha value is -1.69. The van der Waals surface area contributed by atoms with Crippen molar-refractivity contribution in [3.8, 4) is 0 Å². The van der Waals surface area contributed by atoms with Gasteiger partial charge in [0.2, 0.25) is 0 Å². The van der Waals surface area contributed by atoms with Gasteiger partial charge < -0.3 is 16.0 Å². The molecule has 3 N–H and O–H groups in total. The second-order valence-electron chi connectivity index (χ2n) is 5.11. The fourth-order valence-electron chi connectivity index (χ4n) is 2.42. The molecule has 1 aliphatic heterocycles. The zero-order valence-electron chi connectivity index (χ0n) is 11.5. The summed E-state index contributed by atoms with van der Waals surface area (Å²) in [7, 11) is 0. The maximum absolute atomic E-state index is 13.3. The van der Waals surface area contributed by atoms with E-state index in [0.29, 0.717) is 12.5 Å². The first-order valence-corrected chi connectivity index (χ1v) is 6.76. The number of hydrogen-bond donors (Lipinski definition) is 2. The molecule has 1 amide bonds. The third kappa shape index (κ3) is 3.25. The Morgan fingerprint density at radius 1 is 1.45 bits per heavy atom. The van der Waals surface area contributed by atoms with Gasteiger partial charge in [-0.1, -0.05) is 6.92 Å². The van der Waals surface area contributed by atoms with Crippen LogP contribution in [0.3, 0.4) is 0 Å². The van der Waals surface area contributed by atoms with Gasteiger partial charge in [-0.05, 0) is 37.6 Å². The number of anilines is 1. The van der Waals surface area contributed by atoms with Gasteiger partial charge in [0.05, 0.1) is 0 Å². The van der Waals surface area contributed by atoms with Gasteiger partial charge in [-0.2, -0.15) is 0 Å². The molecule has 20 heavy (non-hydrogen) atoms. The maximum atomic E-state index is 13.3. The first-order valence-electron chi connectivity index (χ1n) is 6.76. The Bertz CT molecular complexity index is 484. The quantitative estimate of drug-likeness (QED) is 0.826. The molecule has 110 valence electrons. The molecule has 1 heterocycles. The van der Waals surface area contributed by atoms with E-state index in [1.54, 1.807) is 0 Å². The molecule has 0 aliphatic carbocycles. The number of nitrogens with zero attached hydrogens (tertiary/aromatic N) is 1. The molecule has 1 fully saturated rings. The van der Waals surface area contributed by atoms with Crippen molar-refractivity contribution in [3.05, 3.63) is 29.3 Å². The summed E-state index contributed by atoms with van der Waals surface area (Å²) in [4.78, 5) is 14.2. The van der Waals surface area contributed by atoms with Gasteiger partial charge in [-0.25, -0.2) is 8.78 Å². The van der Waals surface area contributed by atoms with E-state index in [1.165, 1.54) is 0 Å². The summed E-state index contributed by atoms with van der Waals surface area (Å²) >= 11 is 0. The van der Waals surface area contributed by atoms with Gasteiger partial charge in [-0.15, -0.1) is 0 Å². The molecule has 1 aromatic carbocycles. The molecule has 4 nitrogen and oxygen atoms in total. The highest BCUT2D eigenvalue weighted by atomic mass is 19.1. The monoisotopic (exact) mass is 283 g/mol. The van der Waals surface area contributed by atoms with Crippen LogP contribution >= 0.6 is 0 Å². The van der Waals surface area contributed by atoms with Crippen molar-refractivity contribution in [1.82, 2.24) is 10.2 Å². The Balaban J connectivity index is 1.92. The number of carbonyl (C=O) groups is 1. The zero-order chi connectivity index (χ0) is 14.7. The van der Waals surface area contributed by atoms with Gasteiger partial charge in [0.15, 0.2) is 0 Å². The lowest BCUT2D eigenvalue weighted by Crippen LogP contribution is -2.31. The average molecular weight is 283 g/mol. The van der Waals surface area contributed by atoms with Crippen LogP contribution in [0.4, 0.5) is 14.5 Å². The molecule has 1 aromatic rings. The lowest BCUT2D eigenvalue weighted by atomic mass is 10.1. The predicted octanol–water partition coefficient (Wildman–Crippen LogP) is 1.62. The van der Waals surface area contributed by atoms with Crippen LogP contribution in [0.25, 0.3) is 0 Å². The third-order valence-electron chi connectivity index (χ3n) is 3.71. The molecule has 0 saturated carbocycles. The standard InChI is InChI=1S/C14H19F2N3O/c1-2-19-4-3-9(8-19)7-18-14(20)10-5-11(15)13(17)12(16)6-10/h5-6,9H,2-4,7-8,17H2,1H3,(H,18,20). The smallest absolute Gasteiger partial charge is 0.251 e. The number of amides is 1. The van der Waals surface area contributed by atoms with E-state index in [1.807, 2.05) is 0 Å². The largest absolute Gasteiger partial charge is 0.394 e. The van der Waals surface area contributed by atoms with Crippen LogP contribution in [0.1, 0.15) is 23.7 Å². The molecule has 2 rings (SSSR count). The number of halogens is 2. The zero-order valence-corrected chi connectivity index (χ0v) is 11.5. The van der Waals surface area contributed by atoms with Crippen LogP contribution in [-0.4, -0.2) is 37.0 Å². The lowest BCUT2D eigenvalue weighted by Gasteiger charge is -2.14. The summed E-state index contributed by atoms with van der Waals surface area (Å²) in [6.45, 7) is 5.59. The third-order valence-corrected chi connectivity index (χ3v) is 3.71. The molecule has 1 aliphatic rings. The van der Waals surface area contributed by atoms with Crippen LogP contribution in [0.15, 0.2) is 12.1 Å². The Labute approximate surface area is 116 Å². The minimum Gasteiger partial charge on any atom is -0.394 e. The number of benzene rings is 1.